The molecule has 1 aliphatic heterocycles. The molecule has 4 nitrogen and oxygen atoms in total. The number of sulfone groups is 1. The van der Waals surface area contributed by atoms with Crippen molar-refractivity contribution in [3.05, 3.63) is 65.2 Å². The molecule has 3 rings (SSSR count). The molecule has 1 fully saturated rings. The average molecular weight is 403 g/mol. The van der Waals surface area contributed by atoms with Crippen LogP contribution in [0.4, 0.5) is 0 Å². The molecule has 2 aromatic rings. The Morgan fingerprint density at radius 3 is 1.96 bits per heavy atom. The lowest BCUT2D eigenvalue weighted by molar-refractivity contribution is 0.141. The van der Waals surface area contributed by atoms with Gasteiger partial charge in [0.1, 0.15) is 11.9 Å². The van der Waals surface area contributed by atoms with E-state index in [1.807, 2.05) is 36.4 Å². The molecule has 0 radical (unpaired) electrons. The molecule has 0 saturated carbocycles. The summed E-state index contributed by atoms with van der Waals surface area (Å²) in [4.78, 5) is 0. The van der Waals surface area contributed by atoms with Gasteiger partial charge in [-0.3, -0.25) is 0 Å². The van der Waals surface area contributed by atoms with E-state index in [2.05, 4.69) is 12.1 Å². The maximum Gasteiger partial charge on any atom is 0.159 e. The standard InChI is InChI=1S/C23H30O4S/c1-23(2,3)28(24,25)17-20-8-6-18(7-9-20)4-5-19-10-12-21(13-11-19)27-22-14-15-26-16-22/h6-13,22H,4-5,14-17H2,1-3H3. The predicted molar refractivity (Wildman–Crippen MR) is 113 cm³/mol. The van der Waals surface area contributed by atoms with Crippen LogP contribution in [0.2, 0.25) is 0 Å². The first kappa shape index (κ1) is 20.9. The van der Waals surface area contributed by atoms with Gasteiger partial charge in [-0.15, -0.1) is 0 Å². The van der Waals surface area contributed by atoms with Crippen LogP contribution in [-0.4, -0.2) is 32.5 Å². The molecule has 1 heterocycles. The van der Waals surface area contributed by atoms with Gasteiger partial charge >= 0.3 is 0 Å². The second kappa shape index (κ2) is 8.66. The van der Waals surface area contributed by atoms with Crippen molar-refractivity contribution in [2.24, 2.45) is 0 Å². The van der Waals surface area contributed by atoms with Crippen LogP contribution in [0, 0.1) is 0 Å². The number of hydrogen-bond acceptors (Lipinski definition) is 4. The number of hydrogen-bond donors (Lipinski definition) is 0. The zero-order valence-electron chi connectivity index (χ0n) is 17.0. The number of benzene rings is 2. The van der Waals surface area contributed by atoms with E-state index in [1.54, 1.807) is 20.8 Å². The third-order valence-corrected chi connectivity index (χ3v) is 7.71. The van der Waals surface area contributed by atoms with Gasteiger partial charge < -0.3 is 9.47 Å². The highest BCUT2D eigenvalue weighted by Gasteiger charge is 2.28. The van der Waals surface area contributed by atoms with Gasteiger partial charge in [0, 0.05) is 6.42 Å². The zero-order chi connectivity index (χ0) is 20.2. The molecular formula is C23H30O4S. The smallest absolute Gasteiger partial charge is 0.159 e. The third-order valence-electron chi connectivity index (χ3n) is 5.13. The van der Waals surface area contributed by atoms with Gasteiger partial charge in [-0.05, 0) is 62.4 Å². The minimum absolute atomic E-state index is 0.0876. The summed E-state index contributed by atoms with van der Waals surface area (Å²) in [6.07, 6.45) is 2.98. The fourth-order valence-electron chi connectivity index (χ4n) is 3.06. The van der Waals surface area contributed by atoms with Crippen LogP contribution in [0.15, 0.2) is 48.5 Å². The number of aryl methyl sites for hydroxylation is 2. The van der Waals surface area contributed by atoms with Crippen LogP contribution in [0.25, 0.3) is 0 Å². The molecule has 0 aliphatic carbocycles. The fraction of sp³-hybridized carbons (Fsp3) is 0.478. The van der Waals surface area contributed by atoms with E-state index in [0.717, 1.165) is 37.2 Å². The van der Waals surface area contributed by atoms with E-state index in [4.69, 9.17) is 9.47 Å². The van der Waals surface area contributed by atoms with Crippen molar-refractivity contribution in [3.8, 4) is 5.75 Å². The molecule has 1 saturated heterocycles. The van der Waals surface area contributed by atoms with Crippen molar-refractivity contribution in [2.75, 3.05) is 13.2 Å². The molecule has 0 bridgehead atoms. The van der Waals surface area contributed by atoms with Crippen molar-refractivity contribution in [3.63, 3.8) is 0 Å². The summed E-state index contributed by atoms with van der Waals surface area (Å²) in [7, 11) is -3.15. The molecule has 0 spiro atoms. The van der Waals surface area contributed by atoms with Crippen molar-refractivity contribution >= 4 is 9.84 Å². The third kappa shape index (κ3) is 5.58. The molecule has 0 aromatic heterocycles. The largest absolute Gasteiger partial charge is 0.488 e. The number of rotatable bonds is 7. The van der Waals surface area contributed by atoms with Gasteiger partial charge in [-0.25, -0.2) is 8.42 Å². The molecule has 5 heteroatoms. The molecule has 152 valence electrons. The minimum Gasteiger partial charge on any atom is -0.488 e. The Kier molecular flexibility index (Phi) is 6.46. The Morgan fingerprint density at radius 2 is 1.46 bits per heavy atom. The SMILES string of the molecule is CC(C)(C)S(=O)(=O)Cc1ccc(CCc2ccc(OC3CCOC3)cc2)cc1. The van der Waals surface area contributed by atoms with Crippen molar-refractivity contribution in [1.29, 1.82) is 0 Å². The maximum absolute atomic E-state index is 12.3. The Bertz CT molecular complexity index is 856. The highest BCUT2D eigenvalue weighted by molar-refractivity contribution is 7.91. The van der Waals surface area contributed by atoms with Crippen LogP contribution in [0.5, 0.6) is 5.75 Å². The average Bonchev–Trinajstić information content (AvgIpc) is 3.14. The monoisotopic (exact) mass is 402 g/mol. The Morgan fingerprint density at radius 1 is 0.929 bits per heavy atom. The zero-order valence-corrected chi connectivity index (χ0v) is 17.8. The summed E-state index contributed by atoms with van der Waals surface area (Å²) in [6.45, 7) is 6.69. The van der Waals surface area contributed by atoms with Gasteiger partial charge in [0.15, 0.2) is 9.84 Å². The summed E-state index contributed by atoms with van der Waals surface area (Å²) in [6, 6.07) is 16.2. The molecule has 0 N–H and O–H groups in total. The summed E-state index contributed by atoms with van der Waals surface area (Å²) in [5.74, 6) is 0.980. The topological polar surface area (TPSA) is 52.6 Å². The first-order valence-electron chi connectivity index (χ1n) is 9.86. The first-order valence-corrected chi connectivity index (χ1v) is 11.5. The van der Waals surface area contributed by atoms with E-state index in [0.29, 0.717) is 6.61 Å². The fourth-order valence-corrected chi connectivity index (χ4v) is 4.12. The molecule has 2 aromatic carbocycles. The van der Waals surface area contributed by atoms with Crippen LogP contribution in [0.1, 0.15) is 43.9 Å². The minimum atomic E-state index is -3.15. The predicted octanol–water partition coefficient (Wildman–Crippen LogP) is 4.35. The lowest BCUT2D eigenvalue weighted by Gasteiger charge is -2.19. The van der Waals surface area contributed by atoms with E-state index >= 15 is 0 Å². The molecule has 1 unspecified atom stereocenters. The second-order valence-electron chi connectivity index (χ2n) is 8.44. The Balaban J connectivity index is 1.52. The highest BCUT2D eigenvalue weighted by Crippen LogP contribution is 2.22. The lowest BCUT2D eigenvalue weighted by Crippen LogP contribution is -2.29. The summed E-state index contributed by atoms with van der Waals surface area (Å²) in [5, 5.41) is 0. The van der Waals surface area contributed by atoms with Gasteiger partial charge in [-0.2, -0.15) is 0 Å². The molecule has 0 amide bonds. The normalized spacial score (nSPS) is 17.6. The van der Waals surface area contributed by atoms with Crippen LogP contribution >= 0.6 is 0 Å². The summed E-state index contributed by atoms with van der Waals surface area (Å²) >= 11 is 0. The van der Waals surface area contributed by atoms with Crippen LogP contribution < -0.4 is 4.74 Å². The van der Waals surface area contributed by atoms with Gasteiger partial charge in [0.05, 0.1) is 23.7 Å². The van der Waals surface area contributed by atoms with Crippen molar-refractivity contribution < 1.29 is 17.9 Å². The van der Waals surface area contributed by atoms with Crippen molar-refractivity contribution in [1.82, 2.24) is 0 Å². The summed E-state index contributed by atoms with van der Waals surface area (Å²) < 4.78 is 35.2. The first-order chi connectivity index (χ1) is 13.2. The molecule has 1 aliphatic rings. The maximum atomic E-state index is 12.3. The Labute approximate surface area is 168 Å². The van der Waals surface area contributed by atoms with Crippen LogP contribution in [0.3, 0.4) is 0 Å². The number of ether oxygens (including phenoxy) is 2. The Hall–Kier alpha value is -1.85. The lowest BCUT2D eigenvalue weighted by atomic mass is 10.0. The quantitative estimate of drug-likeness (QED) is 0.691. The van der Waals surface area contributed by atoms with Gasteiger partial charge in [0.25, 0.3) is 0 Å². The van der Waals surface area contributed by atoms with Gasteiger partial charge in [0.2, 0.25) is 0 Å². The summed E-state index contributed by atoms with van der Waals surface area (Å²) in [5.41, 5.74) is 3.31. The highest BCUT2D eigenvalue weighted by atomic mass is 32.2. The van der Waals surface area contributed by atoms with E-state index < -0.39 is 14.6 Å². The molecule has 1 atom stereocenters. The second-order valence-corrected chi connectivity index (χ2v) is 11.2. The van der Waals surface area contributed by atoms with E-state index in [1.165, 1.54) is 11.1 Å². The van der Waals surface area contributed by atoms with E-state index in [-0.39, 0.29) is 11.9 Å². The van der Waals surface area contributed by atoms with Crippen LogP contribution in [-0.2, 0) is 33.2 Å². The van der Waals surface area contributed by atoms with Crippen molar-refractivity contribution in [2.45, 2.75) is 56.6 Å². The molecule has 28 heavy (non-hydrogen) atoms. The molecular weight excluding hydrogens is 372 g/mol. The van der Waals surface area contributed by atoms with E-state index in [9.17, 15) is 8.42 Å². The van der Waals surface area contributed by atoms with Gasteiger partial charge in [-0.1, -0.05) is 36.4 Å².